The van der Waals surface area contributed by atoms with Crippen molar-refractivity contribution in [2.45, 2.75) is 212 Å². The first-order valence-corrected chi connectivity index (χ1v) is 23.5. The summed E-state index contributed by atoms with van der Waals surface area (Å²) in [7, 11) is 4.28. The van der Waals surface area contributed by atoms with E-state index in [1.54, 1.807) is 0 Å². The number of rotatable bonds is 18. The highest BCUT2D eigenvalue weighted by Gasteiger charge is 2.47. The third-order valence-electron chi connectivity index (χ3n) is 15.0. The summed E-state index contributed by atoms with van der Waals surface area (Å²) in [5.41, 5.74) is 3.44. The zero-order valence-electron chi connectivity index (χ0n) is 39.2. The molecule has 59 heavy (non-hydrogen) atoms. The van der Waals surface area contributed by atoms with Gasteiger partial charge in [-0.2, -0.15) is 0 Å². The molecule has 2 saturated heterocycles. The van der Waals surface area contributed by atoms with Crippen molar-refractivity contribution < 1.29 is 23.8 Å². The minimum absolute atomic E-state index is 0.129. The van der Waals surface area contributed by atoms with Crippen molar-refractivity contribution in [1.82, 2.24) is 9.80 Å². The molecule has 2 aromatic carbocycles. The van der Waals surface area contributed by atoms with Gasteiger partial charge in [0.25, 0.3) is 0 Å². The fraction of sp³-hybridized carbons (Fsp3) is 0.731. The molecular weight excluding hydrogens is 733 g/mol. The van der Waals surface area contributed by atoms with Crippen LogP contribution >= 0.6 is 0 Å². The number of likely N-dealkylation sites (tertiary alicyclic amines) is 2. The maximum absolute atomic E-state index is 13.9. The van der Waals surface area contributed by atoms with Gasteiger partial charge in [-0.1, -0.05) is 88.3 Å². The molecule has 1 saturated carbocycles. The lowest BCUT2D eigenvalue weighted by Crippen LogP contribution is -2.60. The summed E-state index contributed by atoms with van der Waals surface area (Å²) >= 11 is 0. The van der Waals surface area contributed by atoms with E-state index in [2.05, 4.69) is 135 Å². The average molecular weight is 815 g/mol. The summed E-state index contributed by atoms with van der Waals surface area (Å²) < 4.78 is 18.6. The highest BCUT2D eigenvalue weighted by atomic mass is 16.6. The van der Waals surface area contributed by atoms with E-state index in [9.17, 15) is 9.59 Å². The Labute approximate surface area is 359 Å². The van der Waals surface area contributed by atoms with Crippen molar-refractivity contribution in [1.29, 1.82) is 0 Å². The van der Waals surface area contributed by atoms with Gasteiger partial charge in [0.15, 0.2) is 5.92 Å². The topological polar surface area (TPSA) is 68.3 Å². The van der Waals surface area contributed by atoms with Crippen LogP contribution in [0.4, 0.5) is 0 Å². The van der Waals surface area contributed by atoms with Crippen molar-refractivity contribution in [2.75, 3.05) is 20.7 Å². The molecule has 0 amide bonds. The Morgan fingerprint density at radius 3 is 1.54 bits per heavy atom. The van der Waals surface area contributed by atoms with Gasteiger partial charge in [0.05, 0.1) is 6.61 Å². The van der Waals surface area contributed by atoms with Gasteiger partial charge in [-0.3, -0.25) is 19.4 Å². The molecule has 0 aromatic heterocycles. The molecule has 7 heteroatoms. The van der Waals surface area contributed by atoms with Gasteiger partial charge >= 0.3 is 11.9 Å². The maximum Gasteiger partial charge on any atom is 0.320 e. The zero-order chi connectivity index (χ0) is 43.0. The summed E-state index contributed by atoms with van der Waals surface area (Å²) in [5.74, 6) is 0.753. The van der Waals surface area contributed by atoms with Crippen LogP contribution in [-0.4, -0.2) is 76.8 Å². The van der Waals surface area contributed by atoms with Crippen LogP contribution in [0.5, 0.6) is 5.75 Å². The van der Waals surface area contributed by atoms with Gasteiger partial charge in [-0.15, -0.1) is 0 Å². The van der Waals surface area contributed by atoms with Gasteiger partial charge in [0.2, 0.25) is 0 Å². The minimum Gasteiger partial charge on any atom is -0.494 e. The molecule has 330 valence electrons. The number of benzene rings is 2. The number of piperidine rings is 2. The Morgan fingerprint density at radius 1 is 0.610 bits per heavy atom. The molecule has 0 bridgehead atoms. The number of esters is 2. The molecule has 0 unspecified atom stereocenters. The smallest absolute Gasteiger partial charge is 0.320 e. The fourth-order valence-electron chi connectivity index (χ4n) is 10.7. The molecule has 0 atom stereocenters. The van der Waals surface area contributed by atoms with Crippen molar-refractivity contribution in [3.63, 3.8) is 0 Å². The van der Waals surface area contributed by atoms with Gasteiger partial charge < -0.3 is 14.2 Å². The predicted molar refractivity (Wildman–Crippen MR) is 243 cm³/mol. The molecule has 0 radical (unpaired) electrons. The van der Waals surface area contributed by atoms with Crippen LogP contribution in [0.3, 0.4) is 0 Å². The summed E-state index contributed by atoms with van der Waals surface area (Å²) in [6.45, 7) is 20.5. The number of hydrogen-bond donors (Lipinski definition) is 0. The lowest BCUT2D eigenvalue weighted by Gasteiger charge is -2.53. The standard InChI is InChI=1S/C52H82N2O5/c1-12-13-16-19-38-21-23-39(24-22-38)40-25-27-41(28-26-40)42-29-31-43(32-30-42)57-33-18-15-14-17-20-46(47(55)58-44-34-49(2,3)53(10)50(4,5)35-44)48(56)59-45-36-51(6,7)54(11)52(8,9)37-45/h25-32,38-39,44-46H,12-24,33-37H2,1-11H3. The number of hydrogen-bond acceptors (Lipinski definition) is 7. The Bertz CT molecular complexity index is 1530. The van der Waals surface area contributed by atoms with Crippen LogP contribution in [0, 0.1) is 11.8 Å². The van der Waals surface area contributed by atoms with E-state index in [0.29, 0.717) is 18.9 Å². The lowest BCUT2D eigenvalue weighted by atomic mass is 9.77. The number of carbonyl (C=O) groups is 2. The second-order valence-corrected chi connectivity index (χ2v) is 21.3. The summed E-state index contributed by atoms with van der Waals surface area (Å²) in [4.78, 5) is 32.6. The number of ether oxygens (including phenoxy) is 3. The second-order valence-electron chi connectivity index (χ2n) is 21.3. The third-order valence-corrected chi connectivity index (χ3v) is 15.0. The molecular formula is C52H82N2O5. The first kappa shape index (κ1) is 47.2. The minimum atomic E-state index is -0.919. The predicted octanol–water partition coefficient (Wildman–Crippen LogP) is 12.5. The Balaban J connectivity index is 1.08. The SMILES string of the molecule is CCCCCC1CCC(c2ccc(-c3ccc(OCCCCCCC(C(=O)OC4CC(C)(C)N(C)C(C)(C)C4)C(=O)OC4CC(C)(C)N(C)C(C)(C)C4)cc3)cc2)CC1. The first-order valence-electron chi connectivity index (χ1n) is 23.5. The Hall–Kier alpha value is -2.90. The molecule has 2 aliphatic heterocycles. The second kappa shape index (κ2) is 20.3. The molecule has 0 spiro atoms. The molecule has 3 aliphatic rings. The van der Waals surface area contributed by atoms with Crippen LogP contribution in [0.25, 0.3) is 11.1 Å². The Kier molecular flexibility index (Phi) is 16.2. The lowest BCUT2D eigenvalue weighted by molar-refractivity contribution is -0.177. The van der Waals surface area contributed by atoms with Crippen LogP contribution in [0.1, 0.15) is 183 Å². The van der Waals surface area contributed by atoms with Gasteiger partial charge in [-0.25, -0.2) is 0 Å². The quantitative estimate of drug-likeness (QED) is 0.0843. The van der Waals surface area contributed by atoms with Gasteiger partial charge in [0.1, 0.15) is 18.0 Å². The highest BCUT2D eigenvalue weighted by Crippen LogP contribution is 2.41. The maximum atomic E-state index is 13.9. The summed E-state index contributed by atoms with van der Waals surface area (Å²) in [6, 6.07) is 17.7. The van der Waals surface area contributed by atoms with E-state index in [4.69, 9.17) is 14.2 Å². The largest absolute Gasteiger partial charge is 0.494 e. The Morgan fingerprint density at radius 2 is 1.07 bits per heavy atom. The number of carbonyl (C=O) groups excluding carboxylic acids is 2. The van der Waals surface area contributed by atoms with Crippen molar-refractivity contribution in [2.24, 2.45) is 11.8 Å². The summed E-state index contributed by atoms with van der Waals surface area (Å²) in [5, 5.41) is 0. The zero-order valence-corrected chi connectivity index (χ0v) is 39.2. The molecule has 7 nitrogen and oxygen atoms in total. The first-order chi connectivity index (χ1) is 27.8. The van der Waals surface area contributed by atoms with E-state index in [1.165, 1.54) is 68.1 Å². The fourth-order valence-corrected chi connectivity index (χ4v) is 10.7. The molecule has 2 aromatic rings. The average Bonchev–Trinajstić information content (AvgIpc) is 3.17. The van der Waals surface area contributed by atoms with Crippen molar-refractivity contribution in [3.8, 4) is 16.9 Å². The van der Waals surface area contributed by atoms with E-state index in [-0.39, 0.29) is 34.4 Å². The van der Waals surface area contributed by atoms with Crippen LogP contribution < -0.4 is 4.74 Å². The molecule has 2 heterocycles. The van der Waals surface area contributed by atoms with E-state index in [0.717, 1.165) is 63.0 Å². The normalized spacial score (nSPS) is 23.5. The third kappa shape index (κ3) is 12.8. The van der Waals surface area contributed by atoms with Crippen molar-refractivity contribution >= 4 is 11.9 Å². The van der Waals surface area contributed by atoms with Crippen LogP contribution in [-0.2, 0) is 19.1 Å². The van der Waals surface area contributed by atoms with Crippen LogP contribution in [0.2, 0.25) is 0 Å². The molecule has 1 aliphatic carbocycles. The van der Waals surface area contributed by atoms with Gasteiger partial charge in [0, 0.05) is 47.8 Å². The van der Waals surface area contributed by atoms with Gasteiger partial charge in [-0.05, 0) is 149 Å². The van der Waals surface area contributed by atoms with E-state index in [1.807, 2.05) is 0 Å². The number of nitrogens with zero attached hydrogens (tertiary/aromatic N) is 2. The van der Waals surface area contributed by atoms with E-state index >= 15 is 0 Å². The molecule has 5 rings (SSSR count). The summed E-state index contributed by atoms with van der Waals surface area (Å²) in [6.07, 6.45) is 17.3. The molecule has 3 fully saturated rings. The molecule has 0 N–H and O–H groups in total. The van der Waals surface area contributed by atoms with Crippen molar-refractivity contribution in [3.05, 3.63) is 54.1 Å². The van der Waals surface area contributed by atoms with Crippen LogP contribution in [0.15, 0.2) is 48.5 Å². The number of unbranched alkanes of at least 4 members (excludes halogenated alkanes) is 5. The monoisotopic (exact) mass is 815 g/mol. The highest BCUT2D eigenvalue weighted by molar-refractivity contribution is 5.95. The van der Waals surface area contributed by atoms with E-state index < -0.39 is 17.9 Å².